The van der Waals surface area contributed by atoms with Crippen molar-refractivity contribution in [3.05, 3.63) is 76.9 Å². The lowest BCUT2D eigenvalue weighted by atomic mass is 9.78. The minimum atomic E-state index is -1.35. The molecule has 4 nitrogen and oxygen atoms in total. The first-order chi connectivity index (χ1) is 19.2. The zero-order valence-corrected chi connectivity index (χ0v) is 22.0. The predicted molar refractivity (Wildman–Crippen MR) is 135 cm³/mol. The molecule has 3 aromatic rings. The Labute approximate surface area is 227 Å². The average molecular weight is 567 g/mol. The van der Waals surface area contributed by atoms with E-state index in [4.69, 9.17) is 14.2 Å². The quantitative estimate of drug-likeness (QED) is 0.149. The zero-order chi connectivity index (χ0) is 29.0. The molecule has 0 saturated heterocycles. The second-order valence-corrected chi connectivity index (χ2v) is 9.51. The third-order valence-electron chi connectivity index (χ3n) is 6.93. The van der Waals surface area contributed by atoms with Gasteiger partial charge in [0.05, 0.1) is 19.1 Å². The maximum Gasteiger partial charge on any atom is 0.314 e. The highest BCUT2D eigenvalue weighted by Gasteiger charge is 2.32. The standard InChI is InChI=1S/C30H28F6O4/c1-3-15-39-22-13-14-23(29(36)28(22)35)40-30(37)17-7-5-16(6-8-17)18-9-10-19(25(32)24(18)31)20-11-12-21(38-4-2)27(34)26(20)33/h9-14,16-17H,3-8,15H2,1-2H3. The fourth-order valence-electron chi connectivity index (χ4n) is 4.84. The number of carbonyl (C=O) groups excluding carboxylic acids is 1. The molecule has 1 aliphatic rings. The van der Waals surface area contributed by atoms with Gasteiger partial charge in [0.1, 0.15) is 0 Å². The van der Waals surface area contributed by atoms with E-state index in [0.29, 0.717) is 19.3 Å². The van der Waals surface area contributed by atoms with E-state index in [9.17, 15) is 22.4 Å². The molecule has 0 heterocycles. The van der Waals surface area contributed by atoms with Crippen LogP contribution in [0.15, 0.2) is 36.4 Å². The molecule has 1 fully saturated rings. The monoisotopic (exact) mass is 566 g/mol. The van der Waals surface area contributed by atoms with Crippen molar-refractivity contribution in [3.63, 3.8) is 0 Å². The Bertz CT molecular complexity index is 1390. The van der Waals surface area contributed by atoms with E-state index >= 15 is 8.78 Å². The molecule has 0 amide bonds. The van der Waals surface area contributed by atoms with Crippen molar-refractivity contribution in [1.82, 2.24) is 0 Å². The Morgan fingerprint density at radius 1 is 0.675 bits per heavy atom. The van der Waals surface area contributed by atoms with E-state index in [0.717, 1.165) is 18.2 Å². The largest absolute Gasteiger partial charge is 0.491 e. The molecular weight excluding hydrogens is 538 g/mol. The summed E-state index contributed by atoms with van der Waals surface area (Å²) in [6, 6.07) is 7.09. The van der Waals surface area contributed by atoms with Crippen LogP contribution >= 0.6 is 0 Å². The predicted octanol–water partition coefficient (Wildman–Crippen LogP) is 8.26. The highest BCUT2D eigenvalue weighted by atomic mass is 19.2. The molecular formula is C30H28F6O4. The maximum atomic E-state index is 15.1. The Morgan fingerprint density at radius 3 is 1.85 bits per heavy atom. The number of rotatable bonds is 9. The molecule has 0 aromatic heterocycles. The molecule has 3 aromatic carbocycles. The van der Waals surface area contributed by atoms with E-state index in [1.807, 2.05) is 6.92 Å². The average Bonchev–Trinajstić information content (AvgIpc) is 2.95. The lowest BCUT2D eigenvalue weighted by molar-refractivity contribution is -0.140. The van der Waals surface area contributed by atoms with Crippen LogP contribution < -0.4 is 14.2 Å². The van der Waals surface area contributed by atoms with Gasteiger partial charge in [0.15, 0.2) is 34.7 Å². The van der Waals surface area contributed by atoms with Crippen LogP contribution in [0.4, 0.5) is 26.3 Å². The van der Waals surface area contributed by atoms with Gasteiger partial charge in [0, 0.05) is 11.1 Å². The van der Waals surface area contributed by atoms with Crippen LogP contribution in [0.5, 0.6) is 17.2 Å². The fraction of sp³-hybridized carbons (Fsp3) is 0.367. The molecule has 4 rings (SSSR count). The summed E-state index contributed by atoms with van der Waals surface area (Å²) in [7, 11) is 0. The van der Waals surface area contributed by atoms with E-state index in [-0.39, 0.29) is 43.1 Å². The van der Waals surface area contributed by atoms with Gasteiger partial charge in [-0.1, -0.05) is 19.1 Å². The Balaban J connectivity index is 1.43. The van der Waals surface area contributed by atoms with Crippen LogP contribution in [-0.4, -0.2) is 19.2 Å². The summed E-state index contributed by atoms with van der Waals surface area (Å²) in [6.07, 6.45) is 1.67. The summed E-state index contributed by atoms with van der Waals surface area (Å²) in [6.45, 7) is 3.71. The minimum Gasteiger partial charge on any atom is -0.491 e. The Hall–Kier alpha value is -3.69. The van der Waals surface area contributed by atoms with Gasteiger partial charge in [0.2, 0.25) is 17.5 Å². The number of hydrogen-bond donors (Lipinski definition) is 0. The molecule has 0 radical (unpaired) electrons. The minimum absolute atomic E-state index is 0.0515. The van der Waals surface area contributed by atoms with E-state index in [2.05, 4.69) is 0 Å². The SMILES string of the molecule is CCCOc1ccc(OC(=O)C2CCC(c3ccc(-c4ccc(OCC)c(F)c4F)c(F)c3F)CC2)c(F)c1F. The third-order valence-corrected chi connectivity index (χ3v) is 6.93. The van der Waals surface area contributed by atoms with E-state index in [1.54, 1.807) is 6.92 Å². The third kappa shape index (κ3) is 5.90. The number of esters is 1. The highest BCUT2D eigenvalue weighted by Crippen LogP contribution is 2.40. The topological polar surface area (TPSA) is 44.8 Å². The van der Waals surface area contributed by atoms with Crippen molar-refractivity contribution in [3.8, 4) is 28.4 Å². The molecule has 0 N–H and O–H groups in total. The summed E-state index contributed by atoms with van der Waals surface area (Å²) >= 11 is 0. The first-order valence-electron chi connectivity index (χ1n) is 13.1. The van der Waals surface area contributed by atoms with Crippen LogP contribution in [0.2, 0.25) is 0 Å². The van der Waals surface area contributed by atoms with Gasteiger partial charge in [-0.2, -0.15) is 13.2 Å². The Kier molecular flexibility index (Phi) is 9.27. The smallest absolute Gasteiger partial charge is 0.314 e. The van der Waals surface area contributed by atoms with Crippen molar-refractivity contribution in [2.75, 3.05) is 13.2 Å². The maximum absolute atomic E-state index is 15.1. The zero-order valence-electron chi connectivity index (χ0n) is 22.0. The summed E-state index contributed by atoms with van der Waals surface area (Å²) in [4.78, 5) is 12.6. The van der Waals surface area contributed by atoms with Crippen LogP contribution in [0, 0.1) is 40.8 Å². The van der Waals surface area contributed by atoms with Crippen molar-refractivity contribution in [2.24, 2.45) is 5.92 Å². The van der Waals surface area contributed by atoms with E-state index < -0.39 is 69.6 Å². The molecule has 0 atom stereocenters. The first kappa shape index (κ1) is 29.3. The molecule has 0 unspecified atom stereocenters. The highest BCUT2D eigenvalue weighted by molar-refractivity contribution is 5.75. The molecule has 40 heavy (non-hydrogen) atoms. The second-order valence-electron chi connectivity index (χ2n) is 9.51. The second kappa shape index (κ2) is 12.7. The van der Waals surface area contributed by atoms with Crippen LogP contribution in [0.1, 0.15) is 57.4 Å². The van der Waals surface area contributed by atoms with Crippen LogP contribution in [0.3, 0.4) is 0 Å². The van der Waals surface area contributed by atoms with Gasteiger partial charge < -0.3 is 14.2 Å². The van der Waals surface area contributed by atoms with Crippen molar-refractivity contribution >= 4 is 5.97 Å². The number of carbonyl (C=O) groups is 1. The number of hydrogen-bond acceptors (Lipinski definition) is 4. The van der Waals surface area contributed by atoms with Gasteiger partial charge in [-0.15, -0.1) is 0 Å². The van der Waals surface area contributed by atoms with E-state index in [1.165, 1.54) is 18.2 Å². The van der Waals surface area contributed by atoms with Gasteiger partial charge in [0.25, 0.3) is 0 Å². The normalized spacial score (nSPS) is 17.0. The summed E-state index contributed by atoms with van der Waals surface area (Å²) in [5, 5.41) is 0. The lowest BCUT2D eigenvalue weighted by Crippen LogP contribution is -2.26. The molecule has 0 aliphatic heterocycles. The molecule has 0 spiro atoms. The Morgan fingerprint density at radius 2 is 1.20 bits per heavy atom. The van der Waals surface area contributed by atoms with Crippen LogP contribution in [-0.2, 0) is 4.79 Å². The number of benzene rings is 3. The van der Waals surface area contributed by atoms with Gasteiger partial charge in [-0.3, -0.25) is 4.79 Å². The van der Waals surface area contributed by atoms with Crippen molar-refractivity contribution in [2.45, 2.75) is 51.9 Å². The molecule has 10 heteroatoms. The lowest BCUT2D eigenvalue weighted by Gasteiger charge is -2.28. The van der Waals surface area contributed by atoms with Crippen molar-refractivity contribution in [1.29, 1.82) is 0 Å². The summed E-state index contributed by atoms with van der Waals surface area (Å²) in [5.41, 5.74) is -0.821. The summed E-state index contributed by atoms with van der Waals surface area (Å²) in [5.74, 6) is -10.8. The fourth-order valence-corrected chi connectivity index (χ4v) is 4.84. The van der Waals surface area contributed by atoms with Gasteiger partial charge in [-0.25, -0.2) is 13.2 Å². The molecule has 1 aliphatic carbocycles. The van der Waals surface area contributed by atoms with Crippen LogP contribution in [0.25, 0.3) is 11.1 Å². The number of ether oxygens (including phenoxy) is 3. The van der Waals surface area contributed by atoms with Gasteiger partial charge >= 0.3 is 5.97 Å². The first-order valence-corrected chi connectivity index (χ1v) is 13.1. The number of halogens is 6. The van der Waals surface area contributed by atoms with Gasteiger partial charge in [-0.05, 0) is 74.8 Å². The molecule has 1 saturated carbocycles. The van der Waals surface area contributed by atoms with Crippen molar-refractivity contribution < 1.29 is 45.3 Å². The molecule has 214 valence electrons. The molecule has 0 bridgehead atoms. The summed E-state index contributed by atoms with van der Waals surface area (Å²) < 4.78 is 103.